The quantitative estimate of drug-likeness (QED) is 0.786. The molecule has 0 heterocycles. The molecule has 0 atom stereocenters. The van der Waals surface area contributed by atoms with E-state index in [4.69, 9.17) is 10.5 Å². The molecule has 0 spiro atoms. The fourth-order valence-electron chi connectivity index (χ4n) is 1.49. The number of carbonyl (C=O) groups is 2. The highest BCUT2D eigenvalue weighted by atomic mass is 16.6. The highest BCUT2D eigenvalue weighted by molar-refractivity contribution is 5.84. The van der Waals surface area contributed by atoms with E-state index < -0.39 is 17.1 Å². The van der Waals surface area contributed by atoms with Crippen LogP contribution in [0, 0.1) is 5.41 Å². The number of nitrogens with two attached hydrogens (primary N) is 1. The van der Waals surface area contributed by atoms with Crippen molar-refractivity contribution in [2.75, 3.05) is 13.6 Å². The van der Waals surface area contributed by atoms with Crippen LogP contribution in [0.15, 0.2) is 0 Å². The zero-order valence-electron chi connectivity index (χ0n) is 10.4. The lowest BCUT2D eigenvalue weighted by atomic mass is 10.1. The lowest BCUT2D eigenvalue weighted by Gasteiger charge is -2.26. The van der Waals surface area contributed by atoms with E-state index in [2.05, 4.69) is 0 Å². The van der Waals surface area contributed by atoms with E-state index in [1.54, 1.807) is 27.8 Å². The maximum Gasteiger partial charge on any atom is 0.410 e. The van der Waals surface area contributed by atoms with E-state index in [0.29, 0.717) is 6.54 Å². The molecule has 2 amide bonds. The zero-order valence-corrected chi connectivity index (χ0v) is 10.4. The third-order valence-corrected chi connectivity index (χ3v) is 2.62. The number of hydrogen-bond acceptors (Lipinski definition) is 3. The molecular weight excluding hydrogens is 208 g/mol. The largest absolute Gasteiger partial charge is 0.444 e. The minimum atomic E-state index is -0.519. The van der Waals surface area contributed by atoms with Crippen molar-refractivity contribution in [3.63, 3.8) is 0 Å². The van der Waals surface area contributed by atoms with Crippen LogP contribution in [0.2, 0.25) is 0 Å². The Morgan fingerprint density at radius 3 is 2.19 bits per heavy atom. The van der Waals surface area contributed by atoms with Gasteiger partial charge in [0.1, 0.15) is 5.60 Å². The van der Waals surface area contributed by atoms with E-state index in [0.717, 1.165) is 12.8 Å². The van der Waals surface area contributed by atoms with Gasteiger partial charge in [-0.05, 0) is 33.6 Å². The van der Waals surface area contributed by atoms with Crippen molar-refractivity contribution in [1.82, 2.24) is 4.90 Å². The molecule has 1 saturated carbocycles. The first kappa shape index (κ1) is 12.8. The molecule has 0 radical (unpaired) electrons. The Labute approximate surface area is 95.9 Å². The van der Waals surface area contributed by atoms with Gasteiger partial charge in [0.2, 0.25) is 5.91 Å². The third-order valence-electron chi connectivity index (χ3n) is 2.62. The van der Waals surface area contributed by atoms with Crippen molar-refractivity contribution in [2.45, 2.75) is 39.2 Å². The summed E-state index contributed by atoms with van der Waals surface area (Å²) in [6.07, 6.45) is 1.10. The van der Waals surface area contributed by atoms with Gasteiger partial charge < -0.3 is 15.4 Å². The molecule has 0 unspecified atom stereocenters. The number of nitrogens with zero attached hydrogens (tertiary/aromatic N) is 1. The standard InChI is InChI=1S/C11H20N2O3/c1-10(2,3)16-9(15)13(4)7-11(5-6-11)8(12)14/h5-7H2,1-4H3,(H2,12,14). The summed E-state index contributed by atoms with van der Waals surface area (Å²) in [5.41, 5.74) is 4.26. The predicted octanol–water partition coefficient (Wildman–Crippen LogP) is 1.12. The smallest absolute Gasteiger partial charge is 0.410 e. The number of primary amides is 1. The number of ether oxygens (including phenoxy) is 1. The second-order valence-corrected chi connectivity index (χ2v) is 5.48. The summed E-state index contributed by atoms with van der Waals surface area (Å²) in [6.45, 7) is 5.76. The topological polar surface area (TPSA) is 72.6 Å². The highest BCUT2D eigenvalue weighted by Crippen LogP contribution is 2.45. The van der Waals surface area contributed by atoms with Crippen LogP contribution in [0.25, 0.3) is 0 Å². The second-order valence-electron chi connectivity index (χ2n) is 5.48. The number of hydrogen-bond donors (Lipinski definition) is 1. The first-order valence-electron chi connectivity index (χ1n) is 5.40. The van der Waals surface area contributed by atoms with Crippen LogP contribution in [-0.2, 0) is 9.53 Å². The first-order chi connectivity index (χ1) is 7.16. The molecule has 1 aliphatic carbocycles. The van der Waals surface area contributed by atoms with Gasteiger partial charge in [-0.1, -0.05) is 0 Å². The Kier molecular flexibility index (Phi) is 3.17. The van der Waals surface area contributed by atoms with Crippen LogP contribution in [0.4, 0.5) is 4.79 Å². The molecule has 5 nitrogen and oxygen atoms in total. The average Bonchev–Trinajstić information content (AvgIpc) is 2.82. The summed E-state index contributed by atoms with van der Waals surface area (Å²) in [5.74, 6) is -0.331. The van der Waals surface area contributed by atoms with Crippen molar-refractivity contribution < 1.29 is 14.3 Å². The zero-order chi connectivity index (χ0) is 12.6. The second kappa shape index (κ2) is 3.96. The molecule has 1 aliphatic rings. The fourth-order valence-corrected chi connectivity index (χ4v) is 1.49. The molecule has 2 N–H and O–H groups in total. The summed E-state index contributed by atoms with van der Waals surface area (Å²) >= 11 is 0. The van der Waals surface area contributed by atoms with Gasteiger partial charge >= 0.3 is 6.09 Å². The summed E-state index contributed by atoms with van der Waals surface area (Å²) in [6, 6.07) is 0. The Morgan fingerprint density at radius 2 is 1.88 bits per heavy atom. The summed E-state index contributed by atoms with van der Waals surface area (Å²) < 4.78 is 5.19. The Hall–Kier alpha value is -1.26. The Morgan fingerprint density at radius 1 is 1.38 bits per heavy atom. The predicted molar refractivity (Wildman–Crippen MR) is 59.7 cm³/mol. The maximum absolute atomic E-state index is 11.6. The van der Waals surface area contributed by atoms with Crippen LogP contribution in [0.5, 0.6) is 0 Å². The molecule has 0 saturated heterocycles. The van der Waals surface area contributed by atoms with Crippen molar-refractivity contribution >= 4 is 12.0 Å². The molecule has 5 heteroatoms. The number of rotatable bonds is 3. The Balaban J connectivity index is 2.50. The highest BCUT2D eigenvalue weighted by Gasteiger charge is 2.50. The molecule has 16 heavy (non-hydrogen) atoms. The molecule has 0 aromatic carbocycles. The monoisotopic (exact) mass is 228 g/mol. The molecule has 0 aliphatic heterocycles. The van der Waals surface area contributed by atoms with Gasteiger partial charge in [0.15, 0.2) is 0 Å². The van der Waals surface area contributed by atoms with Gasteiger partial charge in [-0.2, -0.15) is 0 Å². The number of amides is 2. The van der Waals surface area contributed by atoms with E-state index >= 15 is 0 Å². The Bertz CT molecular complexity index is 303. The van der Waals surface area contributed by atoms with E-state index in [1.165, 1.54) is 4.90 Å². The molecule has 1 rings (SSSR count). The molecular formula is C11H20N2O3. The molecule has 0 aromatic heterocycles. The lowest BCUT2D eigenvalue weighted by molar-refractivity contribution is -0.123. The summed E-state index contributed by atoms with van der Waals surface area (Å²) in [4.78, 5) is 24.2. The van der Waals surface area contributed by atoms with Crippen molar-refractivity contribution in [1.29, 1.82) is 0 Å². The lowest BCUT2D eigenvalue weighted by Crippen LogP contribution is -2.41. The van der Waals surface area contributed by atoms with E-state index in [9.17, 15) is 9.59 Å². The van der Waals surface area contributed by atoms with Gasteiger partial charge in [-0.25, -0.2) is 4.79 Å². The molecule has 0 bridgehead atoms. The normalized spacial score (nSPS) is 17.8. The van der Waals surface area contributed by atoms with Gasteiger partial charge in [-0.3, -0.25) is 4.79 Å². The SMILES string of the molecule is CN(CC1(C(N)=O)CC1)C(=O)OC(C)(C)C. The third kappa shape index (κ3) is 3.12. The van der Waals surface area contributed by atoms with Gasteiger partial charge in [0.25, 0.3) is 0 Å². The minimum Gasteiger partial charge on any atom is -0.444 e. The van der Waals surface area contributed by atoms with Crippen LogP contribution >= 0.6 is 0 Å². The molecule has 92 valence electrons. The maximum atomic E-state index is 11.6. The minimum absolute atomic E-state index is 0.331. The molecule has 0 aromatic rings. The van der Waals surface area contributed by atoms with Crippen LogP contribution in [-0.4, -0.2) is 36.1 Å². The van der Waals surface area contributed by atoms with Crippen LogP contribution in [0.1, 0.15) is 33.6 Å². The fraction of sp³-hybridized carbons (Fsp3) is 0.818. The summed E-state index contributed by atoms with van der Waals surface area (Å²) in [5, 5.41) is 0. The first-order valence-corrected chi connectivity index (χ1v) is 5.40. The van der Waals surface area contributed by atoms with Gasteiger partial charge in [0.05, 0.1) is 5.41 Å². The van der Waals surface area contributed by atoms with Crippen LogP contribution < -0.4 is 5.73 Å². The van der Waals surface area contributed by atoms with Crippen molar-refractivity contribution in [3.05, 3.63) is 0 Å². The van der Waals surface area contributed by atoms with Gasteiger partial charge in [-0.15, -0.1) is 0 Å². The van der Waals surface area contributed by atoms with Gasteiger partial charge in [0, 0.05) is 13.6 Å². The molecule has 1 fully saturated rings. The van der Waals surface area contributed by atoms with E-state index in [-0.39, 0.29) is 5.91 Å². The number of carbonyl (C=O) groups excluding carboxylic acids is 2. The van der Waals surface area contributed by atoms with Crippen molar-refractivity contribution in [3.8, 4) is 0 Å². The van der Waals surface area contributed by atoms with E-state index in [1.807, 2.05) is 0 Å². The van der Waals surface area contributed by atoms with Crippen LogP contribution in [0.3, 0.4) is 0 Å². The van der Waals surface area contributed by atoms with Crippen molar-refractivity contribution in [2.24, 2.45) is 11.1 Å². The summed E-state index contributed by atoms with van der Waals surface area (Å²) in [7, 11) is 1.62. The average molecular weight is 228 g/mol.